The van der Waals surface area contributed by atoms with Crippen LogP contribution in [0.3, 0.4) is 0 Å². The Hall–Kier alpha value is -0.830. The van der Waals surface area contributed by atoms with Crippen LogP contribution in [0.15, 0.2) is 12.1 Å². The molecule has 2 atom stereocenters. The fourth-order valence-electron chi connectivity index (χ4n) is 2.85. The number of aryl methyl sites for hydroxylation is 1. The predicted octanol–water partition coefficient (Wildman–Crippen LogP) is 6.83. The topological polar surface area (TPSA) is 26.3 Å². The Bertz CT molecular complexity index is 439. The number of carbonyl (C=O) groups excluding carboxylic acids is 1. The molecule has 0 amide bonds. The summed E-state index contributed by atoms with van der Waals surface area (Å²) >= 11 is 1.74. The zero-order valence-corrected chi connectivity index (χ0v) is 16.2. The number of carbonyl (C=O) groups is 1. The van der Waals surface area contributed by atoms with Gasteiger partial charge in [-0.1, -0.05) is 59.3 Å². The molecule has 0 saturated heterocycles. The van der Waals surface area contributed by atoms with E-state index in [1.165, 1.54) is 29.0 Å². The third-order valence-corrected chi connectivity index (χ3v) is 5.45. The van der Waals surface area contributed by atoms with E-state index in [1.54, 1.807) is 11.3 Å². The van der Waals surface area contributed by atoms with Crippen LogP contribution in [0, 0.1) is 12.8 Å². The predicted molar refractivity (Wildman–Crippen MR) is 100.0 cm³/mol. The van der Waals surface area contributed by atoms with Gasteiger partial charge in [-0.15, -0.1) is 11.3 Å². The highest BCUT2D eigenvalue weighted by Gasteiger charge is 2.23. The van der Waals surface area contributed by atoms with Gasteiger partial charge in [0, 0.05) is 9.75 Å². The maximum absolute atomic E-state index is 12.6. The highest BCUT2D eigenvalue weighted by atomic mass is 32.1. The van der Waals surface area contributed by atoms with Crippen molar-refractivity contribution in [3.05, 3.63) is 21.9 Å². The Balaban J connectivity index is 2.58. The van der Waals surface area contributed by atoms with Gasteiger partial charge in [0.2, 0.25) is 0 Å². The number of unbranched alkanes of at least 4 members (excludes halogenated alkanes) is 4. The van der Waals surface area contributed by atoms with Gasteiger partial charge in [0.05, 0.1) is 5.92 Å². The number of ether oxygens (including phenoxy) is 1. The van der Waals surface area contributed by atoms with Crippen molar-refractivity contribution in [2.45, 2.75) is 91.6 Å². The molecule has 0 fully saturated rings. The number of hydrogen-bond donors (Lipinski definition) is 0. The summed E-state index contributed by atoms with van der Waals surface area (Å²) in [5.74, 6) is 0.106. The molecule has 3 heteroatoms. The van der Waals surface area contributed by atoms with E-state index in [1.807, 2.05) is 0 Å². The molecule has 0 saturated carbocycles. The maximum atomic E-state index is 12.6. The fraction of sp³-hybridized carbons (Fsp3) is 0.750. The molecule has 1 heterocycles. The van der Waals surface area contributed by atoms with Crippen LogP contribution < -0.4 is 0 Å². The summed E-state index contributed by atoms with van der Waals surface area (Å²) in [6.45, 7) is 8.59. The summed E-state index contributed by atoms with van der Waals surface area (Å²) in [7, 11) is 0. The van der Waals surface area contributed by atoms with Gasteiger partial charge in [0.25, 0.3) is 0 Å². The fourth-order valence-corrected chi connectivity index (χ4v) is 3.84. The Kier molecular flexibility index (Phi) is 10.3. The molecule has 0 spiro atoms. The Morgan fingerprint density at radius 2 is 1.74 bits per heavy atom. The van der Waals surface area contributed by atoms with Crippen LogP contribution in [0.4, 0.5) is 0 Å². The first-order chi connectivity index (χ1) is 11.1. The SMILES string of the molecule is CCCCCCC(CCCC)C(=O)OC(CC)c1ccc(C)s1. The zero-order chi connectivity index (χ0) is 17.1. The summed E-state index contributed by atoms with van der Waals surface area (Å²) in [6.07, 6.45) is 9.87. The van der Waals surface area contributed by atoms with Crippen molar-refractivity contribution in [3.8, 4) is 0 Å². The van der Waals surface area contributed by atoms with Crippen LogP contribution in [-0.2, 0) is 9.53 Å². The van der Waals surface area contributed by atoms with Crippen LogP contribution >= 0.6 is 11.3 Å². The first-order valence-corrected chi connectivity index (χ1v) is 10.2. The first-order valence-electron chi connectivity index (χ1n) is 9.39. The standard InChI is InChI=1S/C20H34O2S/c1-5-8-10-11-13-17(12-9-6-2)20(21)22-18(7-3)19-15-14-16(4)23-19/h14-15,17-18H,5-13H2,1-4H3. The van der Waals surface area contributed by atoms with Crippen LogP contribution in [0.25, 0.3) is 0 Å². The molecule has 2 unspecified atom stereocenters. The lowest BCUT2D eigenvalue weighted by molar-refractivity contribution is -0.155. The van der Waals surface area contributed by atoms with Crippen LogP contribution in [0.2, 0.25) is 0 Å². The highest BCUT2D eigenvalue weighted by molar-refractivity contribution is 7.12. The molecule has 0 bridgehead atoms. The first kappa shape index (κ1) is 20.2. The van der Waals surface area contributed by atoms with Gasteiger partial charge in [-0.25, -0.2) is 0 Å². The summed E-state index contributed by atoms with van der Waals surface area (Å²) < 4.78 is 5.89. The Morgan fingerprint density at radius 1 is 1.04 bits per heavy atom. The zero-order valence-electron chi connectivity index (χ0n) is 15.4. The average molecular weight is 339 g/mol. The minimum Gasteiger partial charge on any atom is -0.456 e. The molecule has 0 aliphatic heterocycles. The van der Waals surface area contributed by atoms with Crippen molar-refractivity contribution in [1.82, 2.24) is 0 Å². The van der Waals surface area contributed by atoms with Crippen molar-refractivity contribution < 1.29 is 9.53 Å². The molecular formula is C20H34O2S. The molecule has 1 aromatic heterocycles. The highest BCUT2D eigenvalue weighted by Crippen LogP contribution is 2.30. The minimum absolute atomic E-state index is 0.0212. The smallest absolute Gasteiger partial charge is 0.309 e. The van der Waals surface area contributed by atoms with Crippen molar-refractivity contribution in [3.63, 3.8) is 0 Å². The monoisotopic (exact) mass is 338 g/mol. The van der Waals surface area contributed by atoms with Gasteiger partial charge in [0.1, 0.15) is 6.10 Å². The molecule has 2 nitrogen and oxygen atoms in total. The van der Waals surface area contributed by atoms with Gasteiger partial charge in [0.15, 0.2) is 0 Å². The van der Waals surface area contributed by atoms with E-state index < -0.39 is 0 Å². The van der Waals surface area contributed by atoms with Crippen LogP contribution in [0.5, 0.6) is 0 Å². The molecule has 0 aromatic carbocycles. The molecular weight excluding hydrogens is 304 g/mol. The van der Waals surface area contributed by atoms with Crippen molar-refractivity contribution in [2.75, 3.05) is 0 Å². The average Bonchev–Trinajstić information content (AvgIpc) is 2.98. The lowest BCUT2D eigenvalue weighted by Gasteiger charge is -2.20. The maximum Gasteiger partial charge on any atom is 0.309 e. The summed E-state index contributed by atoms with van der Waals surface area (Å²) in [5, 5.41) is 0. The normalized spacial score (nSPS) is 13.7. The van der Waals surface area contributed by atoms with E-state index in [2.05, 4.69) is 39.8 Å². The molecule has 1 rings (SSSR count). The van der Waals surface area contributed by atoms with Crippen molar-refractivity contribution >= 4 is 17.3 Å². The number of esters is 1. The molecule has 0 N–H and O–H groups in total. The van der Waals surface area contributed by atoms with E-state index in [0.29, 0.717) is 0 Å². The molecule has 1 aromatic rings. The van der Waals surface area contributed by atoms with Gasteiger partial charge in [-0.05, 0) is 38.3 Å². The second kappa shape index (κ2) is 11.7. The molecule has 0 radical (unpaired) electrons. The molecule has 0 aliphatic carbocycles. The quantitative estimate of drug-likeness (QED) is 0.308. The molecule has 0 aliphatic rings. The van der Waals surface area contributed by atoms with E-state index in [0.717, 1.165) is 38.5 Å². The number of hydrogen-bond acceptors (Lipinski definition) is 3. The summed E-state index contributed by atoms with van der Waals surface area (Å²) in [4.78, 5) is 15.1. The van der Waals surface area contributed by atoms with Crippen molar-refractivity contribution in [1.29, 1.82) is 0 Å². The third kappa shape index (κ3) is 7.52. The van der Waals surface area contributed by atoms with Gasteiger partial charge >= 0.3 is 5.97 Å². The number of rotatable bonds is 12. The third-order valence-electron chi connectivity index (χ3n) is 4.35. The summed E-state index contributed by atoms with van der Waals surface area (Å²) in [5.41, 5.74) is 0. The van der Waals surface area contributed by atoms with Crippen LogP contribution in [0.1, 0.15) is 94.4 Å². The molecule has 132 valence electrons. The van der Waals surface area contributed by atoms with E-state index in [-0.39, 0.29) is 18.0 Å². The van der Waals surface area contributed by atoms with E-state index in [4.69, 9.17) is 4.74 Å². The van der Waals surface area contributed by atoms with Gasteiger partial charge in [-0.3, -0.25) is 4.79 Å². The van der Waals surface area contributed by atoms with Gasteiger partial charge in [-0.2, -0.15) is 0 Å². The minimum atomic E-state index is -0.0685. The molecule has 23 heavy (non-hydrogen) atoms. The lowest BCUT2D eigenvalue weighted by Crippen LogP contribution is -2.20. The lowest BCUT2D eigenvalue weighted by atomic mass is 9.95. The Morgan fingerprint density at radius 3 is 2.30 bits per heavy atom. The largest absolute Gasteiger partial charge is 0.456 e. The Labute approximate surface area is 146 Å². The van der Waals surface area contributed by atoms with Crippen LogP contribution in [-0.4, -0.2) is 5.97 Å². The second-order valence-electron chi connectivity index (χ2n) is 6.47. The summed E-state index contributed by atoms with van der Waals surface area (Å²) in [6, 6.07) is 4.21. The number of thiophene rings is 1. The second-order valence-corrected chi connectivity index (χ2v) is 7.79. The van der Waals surface area contributed by atoms with Crippen molar-refractivity contribution in [2.24, 2.45) is 5.92 Å². The van der Waals surface area contributed by atoms with E-state index in [9.17, 15) is 4.79 Å². The van der Waals surface area contributed by atoms with E-state index >= 15 is 0 Å². The van der Waals surface area contributed by atoms with Gasteiger partial charge < -0.3 is 4.74 Å².